The molecule has 0 bridgehead atoms. The van der Waals surface area contributed by atoms with Gasteiger partial charge < -0.3 is 15.7 Å². The molecule has 0 saturated heterocycles. The zero-order valence-electron chi connectivity index (χ0n) is 14.2. The summed E-state index contributed by atoms with van der Waals surface area (Å²) in [6.45, 7) is 1.91. The molecule has 0 atom stereocenters. The average molecular weight is 410 g/mol. The Hall–Kier alpha value is -1.68. The third-order valence-corrected chi connectivity index (χ3v) is 4.25. The summed E-state index contributed by atoms with van der Waals surface area (Å²) in [7, 11) is 4.10. The quantitative estimate of drug-likeness (QED) is 0.777. The lowest BCUT2D eigenvalue weighted by atomic mass is 10.1. The fourth-order valence-corrected chi connectivity index (χ4v) is 2.93. The predicted molar refractivity (Wildman–Crippen MR) is 96.7 cm³/mol. The average Bonchev–Trinajstić information content (AvgIpc) is 3.02. The predicted octanol–water partition coefficient (Wildman–Crippen LogP) is 4.08. The highest BCUT2D eigenvalue weighted by Crippen LogP contribution is 2.36. The van der Waals surface area contributed by atoms with E-state index in [2.05, 4.69) is 24.0 Å². The van der Waals surface area contributed by atoms with E-state index in [1.165, 1.54) is 11.4 Å². The smallest absolute Gasteiger partial charge is 0.416 e. The van der Waals surface area contributed by atoms with Crippen LogP contribution in [0.3, 0.4) is 0 Å². The van der Waals surface area contributed by atoms with Gasteiger partial charge in [0.15, 0.2) is 5.69 Å². The summed E-state index contributed by atoms with van der Waals surface area (Å²) in [6.07, 6.45) is -3.37. The first kappa shape index (κ1) is 22.4. The number of carbonyl (C=O) groups is 1. The molecule has 0 aliphatic carbocycles. The molecule has 0 fully saturated rings. The first-order chi connectivity index (χ1) is 12.1. The van der Waals surface area contributed by atoms with Crippen LogP contribution in [0.2, 0.25) is 5.02 Å². The Balaban J connectivity index is 0.000000412. The molecule has 26 heavy (non-hydrogen) atoms. The van der Waals surface area contributed by atoms with Gasteiger partial charge in [0.2, 0.25) is 0 Å². The number of rotatable bonds is 5. The van der Waals surface area contributed by atoms with Crippen molar-refractivity contribution in [1.29, 1.82) is 0 Å². The molecule has 10 heteroatoms. The summed E-state index contributed by atoms with van der Waals surface area (Å²) >= 11 is 6.78. The van der Waals surface area contributed by atoms with Crippen molar-refractivity contribution in [2.24, 2.45) is 5.73 Å². The molecule has 0 saturated carbocycles. The van der Waals surface area contributed by atoms with Gasteiger partial charge in [0.1, 0.15) is 5.01 Å². The summed E-state index contributed by atoms with van der Waals surface area (Å²) < 4.78 is 37.4. The molecule has 5 nitrogen and oxygen atoms in total. The van der Waals surface area contributed by atoms with Crippen LogP contribution in [0, 0.1) is 0 Å². The van der Waals surface area contributed by atoms with Crippen LogP contribution < -0.4 is 5.73 Å². The number of hydrogen-bond acceptors (Lipinski definition) is 5. The first-order valence-electron chi connectivity index (χ1n) is 7.47. The van der Waals surface area contributed by atoms with Gasteiger partial charge in [-0.15, -0.1) is 11.3 Å². The van der Waals surface area contributed by atoms with Crippen LogP contribution in [0.1, 0.15) is 22.5 Å². The minimum absolute atomic E-state index is 0.124. The van der Waals surface area contributed by atoms with Crippen molar-refractivity contribution in [1.82, 2.24) is 9.88 Å². The number of hydrogen-bond donors (Lipinski definition) is 2. The Morgan fingerprint density at radius 3 is 2.42 bits per heavy atom. The van der Waals surface area contributed by atoms with Crippen molar-refractivity contribution >= 4 is 28.9 Å². The van der Waals surface area contributed by atoms with Crippen molar-refractivity contribution in [3.63, 3.8) is 0 Å². The lowest BCUT2D eigenvalue weighted by Crippen LogP contribution is -2.16. The van der Waals surface area contributed by atoms with E-state index in [0.717, 1.165) is 43.0 Å². The molecule has 0 aliphatic heterocycles. The molecule has 0 unspecified atom stereocenters. The summed E-state index contributed by atoms with van der Waals surface area (Å²) in [5, 5.41) is 10.2. The van der Waals surface area contributed by atoms with Crippen LogP contribution in [0.5, 0.6) is 0 Å². The van der Waals surface area contributed by atoms with Crippen molar-refractivity contribution in [3.05, 3.63) is 39.9 Å². The maximum absolute atomic E-state index is 12.5. The molecule has 0 radical (unpaired) electrons. The second-order valence-corrected chi connectivity index (χ2v) is 6.75. The van der Waals surface area contributed by atoms with Crippen LogP contribution >= 0.6 is 22.9 Å². The molecule has 0 spiro atoms. The first-order valence-corrected chi connectivity index (χ1v) is 8.72. The molecule has 1 aromatic carbocycles. The van der Waals surface area contributed by atoms with E-state index < -0.39 is 17.7 Å². The number of carboxylic acid groups (broad SMARTS) is 1. The number of alkyl halides is 3. The van der Waals surface area contributed by atoms with E-state index in [1.807, 2.05) is 0 Å². The minimum Gasteiger partial charge on any atom is -0.476 e. The molecule has 0 aliphatic rings. The van der Waals surface area contributed by atoms with Gasteiger partial charge in [-0.2, -0.15) is 13.2 Å². The third-order valence-electron chi connectivity index (χ3n) is 3.06. The van der Waals surface area contributed by atoms with Gasteiger partial charge in [0, 0.05) is 10.9 Å². The third kappa shape index (κ3) is 6.91. The normalized spacial score (nSPS) is 11.2. The van der Waals surface area contributed by atoms with Gasteiger partial charge in [-0.05, 0) is 51.8 Å². The van der Waals surface area contributed by atoms with Gasteiger partial charge in [-0.25, -0.2) is 9.78 Å². The van der Waals surface area contributed by atoms with Crippen LogP contribution in [0.4, 0.5) is 13.2 Å². The summed E-state index contributed by atoms with van der Waals surface area (Å²) in [5.41, 5.74) is 4.49. The summed E-state index contributed by atoms with van der Waals surface area (Å²) in [4.78, 5) is 16.6. The highest BCUT2D eigenvalue weighted by atomic mass is 35.5. The van der Waals surface area contributed by atoms with Crippen molar-refractivity contribution in [2.75, 3.05) is 27.2 Å². The second-order valence-electron chi connectivity index (χ2n) is 5.48. The Labute approximate surface area is 158 Å². The topological polar surface area (TPSA) is 79.5 Å². The summed E-state index contributed by atoms with van der Waals surface area (Å²) in [6, 6.07) is 2.84. The maximum atomic E-state index is 12.5. The standard InChI is InChI=1S/C11H5ClF3NO2S.C5H14N2/c12-7-3-5(11(13,14)15)1-2-6(7)9-16-8(4-19-9)10(17)18;1-7(2)5-3-4-6/h1-4H,(H,17,18);3-6H2,1-2H3. The second kappa shape index (κ2) is 9.86. The highest BCUT2D eigenvalue weighted by Gasteiger charge is 2.31. The van der Waals surface area contributed by atoms with Crippen LogP contribution in [0.25, 0.3) is 10.6 Å². The van der Waals surface area contributed by atoms with E-state index in [-0.39, 0.29) is 21.3 Å². The zero-order chi connectivity index (χ0) is 19.9. The van der Waals surface area contributed by atoms with Gasteiger partial charge in [-0.3, -0.25) is 0 Å². The van der Waals surface area contributed by atoms with Crippen molar-refractivity contribution in [3.8, 4) is 10.6 Å². The molecule has 1 heterocycles. The number of nitrogens with two attached hydrogens (primary N) is 1. The van der Waals surface area contributed by atoms with E-state index >= 15 is 0 Å². The molecule has 2 rings (SSSR count). The van der Waals surface area contributed by atoms with E-state index in [9.17, 15) is 18.0 Å². The van der Waals surface area contributed by atoms with E-state index in [0.29, 0.717) is 0 Å². The lowest BCUT2D eigenvalue weighted by molar-refractivity contribution is -0.137. The van der Waals surface area contributed by atoms with Crippen LogP contribution in [-0.2, 0) is 6.18 Å². The molecule has 2 aromatic rings. The van der Waals surface area contributed by atoms with E-state index in [4.69, 9.17) is 22.4 Å². The van der Waals surface area contributed by atoms with Crippen LogP contribution in [-0.4, -0.2) is 48.1 Å². The number of benzene rings is 1. The Morgan fingerprint density at radius 1 is 1.38 bits per heavy atom. The molecule has 144 valence electrons. The fraction of sp³-hybridized carbons (Fsp3) is 0.375. The Bertz CT molecular complexity index is 736. The fourth-order valence-electron chi connectivity index (χ4n) is 1.77. The number of carboxylic acids is 1. The van der Waals surface area contributed by atoms with Gasteiger partial charge >= 0.3 is 12.1 Å². The molecule has 0 amide bonds. The Kier molecular flexibility index (Phi) is 8.48. The number of halogens is 4. The molecular weight excluding hydrogens is 391 g/mol. The Morgan fingerprint density at radius 2 is 2.04 bits per heavy atom. The SMILES string of the molecule is CN(C)CCCN.O=C(O)c1csc(-c2ccc(C(F)(F)F)cc2Cl)n1. The van der Waals surface area contributed by atoms with E-state index in [1.54, 1.807) is 0 Å². The van der Waals surface area contributed by atoms with Crippen LogP contribution in [0.15, 0.2) is 23.6 Å². The highest BCUT2D eigenvalue weighted by molar-refractivity contribution is 7.13. The minimum atomic E-state index is -4.47. The number of aromatic carboxylic acids is 1. The molecule has 3 N–H and O–H groups in total. The van der Waals surface area contributed by atoms with Gasteiger partial charge in [0.25, 0.3) is 0 Å². The molecule has 1 aromatic heterocycles. The van der Waals surface area contributed by atoms with Gasteiger partial charge in [0.05, 0.1) is 10.6 Å². The maximum Gasteiger partial charge on any atom is 0.416 e. The van der Waals surface area contributed by atoms with Gasteiger partial charge in [-0.1, -0.05) is 11.6 Å². The van der Waals surface area contributed by atoms with Crippen molar-refractivity contribution in [2.45, 2.75) is 12.6 Å². The zero-order valence-corrected chi connectivity index (χ0v) is 15.8. The molecular formula is C16H19ClF3N3O2S. The summed E-state index contributed by atoms with van der Waals surface area (Å²) in [5.74, 6) is -1.20. The number of nitrogens with zero attached hydrogens (tertiary/aromatic N) is 2. The lowest BCUT2D eigenvalue weighted by Gasteiger charge is -2.08. The largest absolute Gasteiger partial charge is 0.476 e. The monoisotopic (exact) mass is 409 g/mol. The number of aromatic nitrogens is 1. The number of thiazole rings is 1. The van der Waals surface area contributed by atoms with Crippen molar-refractivity contribution < 1.29 is 23.1 Å².